The summed E-state index contributed by atoms with van der Waals surface area (Å²) in [6.45, 7) is 0. The lowest BCUT2D eigenvalue weighted by atomic mass is 10.1. The smallest absolute Gasteiger partial charge is 0.236 e. The molecule has 0 saturated carbocycles. The number of imidazole rings is 1. The molecule has 0 atom stereocenters. The minimum absolute atomic E-state index is 0.192. The second kappa shape index (κ2) is 4.40. The van der Waals surface area contributed by atoms with Crippen molar-refractivity contribution in [3.63, 3.8) is 0 Å². The minimum Gasteiger partial charge on any atom is -0.276 e. The molecule has 0 unspecified atom stereocenters. The summed E-state index contributed by atoms with van der Waals surface area (Å²) < 4.78 is 39.9. The van der Waals surface area contributed by atoms with Gasteiger partial charge in [-0.05, 0) is 6.07 Å². The summed E-state index contributed by atoms with van der Waals surface area (Å²) in [6.07, 6.45) is 3.67. The van der Waals surface area contributed by atoms with E-state index in [1.54, 1.807) is 0 Å². The molecule has 0 fully saturated rings. The van der Waals surface area contributed by atoms with Crippen LogP contribution in [0.1, 0.15) is 10.4 Å². The van der Waals surface area contributed by atoms with Gasteiger partial charge in [0.05, 0.1) is 6.42 Å². The van der Waals surface area contributed by atoms with Crippen molar-refractivity contribution in [3.8, 4) is 0 Å². The van der Waals surface area contributed by atoms with Crippen LogP contribution in [-0.2, 0) is 6.42 Å². The molecule has 17 heavy (non-hydrogen) atoms. The summed E-state index contributed by atoms with van der Waals surface area (Å²) in [4.78, 5) is 15.2. The molecular weight excluding hydrogens is 233 g/mol. The first kappa shape index (κ1) is 11.4. The highest BCUT2D eigenvalue weighted by Gasteiger charge is 2.13. The molecule has 0 N–H and O–H groups in total. The quantitative estimate of drug-likeness (QED) is 0.754. The predicted octanol–water partition coefficient (Wildman–Crippen LogP) is 2.18. The van der Waals surface area contributed by atoms with E-state index in [1.165, 1.54) is 18.7 Å². The van der Waals surface area contributed by atoms with Gasteiger partial charge >= 0.3 is 0 Å². The maximum atomic E-state index is 13.2. The predicted molar refractivity (Wildman–Crippen MR) is 52.9 cm³/mol. The van der Waals surface area contributed by atoms with Gasteiger partial charge in [-0.2, -0.15) is 0 Å². The average Bonchev–Trinajstić information content (AvgIpc) is 2.79. The Morgan fingerprint density at radius 3 is 2.53 bits per heavy atom. The Hall–Kier alpha value is -2.11. The Morgan fingerprint density at radius 2 is 1.88 bits per heavy atom. The fourth-order valence-electron chi connectivity index (χ4n) is 1.36. The number of hydrogen-bond donors (Lipinski definition) is 0. The van der Waals surface area contributed by atoms with Gasteiger partial charge in [-0.25, -0.2) is 18.2 Å². The Labute approximate surface area is 94.5 Å². The molecule has 0 aliphatic heterocycles. The maximum Gasteiger partial charge on any atom is 0.236 e. The SMILES string of the molecule is O=C(Cc1cc(F)c(F)cc1F)n1ccnc1. The van der Waals surface area contributed by atoms with Gasteiger partial charge in [0.25, 0.3) is 0 Å². The second-order valence-electron chi connectivity index (χ2n) is 3.40. The number of nitrogens with zero attached hydrogens (tertiary/aromatic N) is 2. The van der Waals surface area contributed by atoms with Gasteiger partial charge < -0.3 is 0 Å². The summed E-state index contributed by atoms with van der Waals surface area (Å²) in [7, 11) is 0. The fraction of sp³-hybridized carbons (Fsp3) is 0.0909. The van der Waals surface area contributed by atoms with Crippen LogP contribution in [0.4, 0.5) is 13.2 Å². The first-order valence-electron chi connectivity index (χ1n) is 4.72. The number of benzene rings is 1. The van der Waals surface area contributed by atoms with E-state index in [-0.39, 0.29) is 12.0 Å². The average molecular weight is 240 g/mol. The zero-order valence-electron chi connectivity index (χ0n) is 8.53. The number of carbonyl (C=O) groups excluding carboxylic acids is 1. The van der Waals surface area contributed by atoms with E-state index < -0.39 is 23.4 Å². The third-order valence-electron chi connectivity index (χ3n) is 2.22. The highest BCUT2D eigenvalue weighted by atomic mass is 19.2. The molecular formula is C11H7F3N2O. The summed E-state index contributed by atoms with van der Waals surface area (Å²) in [5.74, 6) is -3.88. The number of hydrogen-bond acceptors (Lipinski definition) is 2. The lowest BCUT2D eigenvalue weighted by molar-refractivity contribution is 0.0912. The zero-order chi connectivity index (χ0) is 12.4. The van der Waals surface area contributed by atoms with Gasteiger partial charge in [-0.15, -0.1) is 0 Å². The lowest BCUT2D eigenvalue weighted by Gasteiger charge is -2.04. The highest BCUT2D eigenvalue weighted by molar-refractivity contribution is 5.81. The van der Waals surface area contributed by atoms with Crippen molar-refractivity contribution in [3.05, 3.63) is 53.9 Å². The molecule has 88 valence electrons. The lowest BCUT2D eigenvalue weighted by Crippen LogP contribution is -2.13. The monoisotopic (exact) mass is 240 g/mol. The van der Waals surface area contributed by atoms with Crippen molar-refractivity contribution >= 4 is 5.91 Å². The van der Waals surface area contributed by atoms with Crippen LogP contribution < -0.4 is 0 Å². The van der Waals surface area contributed by atoms with Crippen LogP contribution in [-0.4, -0.2) is 15.5 Å². The van der Waals surface area contributed by atoms with E-state index in [2.05, 4.69) is 4.98 Å². The van der Waals surface area contributed by atoms with Crippen LogP contribution in [0.3, 0.4) is 0 Å². The van der Waals surface area contributed by atoms with Crippen LogP contribution in [0, 0.1) is 17.5 Å². The van der Waals surface area contributed by atoms with Gasteiger partial charge in [0.15, 0.2) is 11.6 Å². The first-order valence-corrected chi connectivity index (χ1v) is 4.72. The number of rotatable bonds is 2. The Kier molecular flexibility index (Phi) is 2.95. The van der Waals surface area contributed by atoms with Gasteiger partial charge in [0.1, 0.15) is 12.1 Å². The van der Waals surface area contributed by atoms with E-state index >= 15 is 0 Å². The molecule has 0 radical (unpaired) electrons. The normalized spacial score (nSPS) is 10.5. The summed E-state index contributed by atoms with van der Waals surface area (Å²) in [6, 6.07) is 1.10. The van der Waals surface area contributed by atoms with Crippen LogP contribution in [0.5, 0.6) is 0 Å². The highest BCUT2D eigenvalue weighted by Crippen LogP contribution is 2.14. The van der Waals surface area contributed by atoms with E-state index in [4.69, 9.17) is 0 Å². The molecule has 0 spiro atoms. The van der Waals surface area contributed by atoms with Crippen molar-refractivity contribution in [2.24, 2.45) is 0 Å². The van der Waals surface area contributed by atoms with Crippen molar-refractivity contribution in [2.75, 3.05) is 0 Å². The molecule has 1 aromatic carbocycles. The standard InChI is InChI=1S/C11H7F3N2O/c12-8-5-10(14)9(13)3-7(8)4-11(17)16-2-1-15-6-16/h1-3,5-6H,4H2. The van der Waals surface area contributed by atoms with Gasteiger partial charge in [-0.3, -0.25) is 9.36 Å². The van der Waals surface area contributed by atoms with Crippen molar-refractivity contribution in [1.82, 2.24) is 9.55 Å². The van der Waals surface area contributed by atoms with E-state index in [0.29, 0.717) is 12.1 Å². The molecule has 2 rings (SSSR count). The van der Waals surface area contributed by atoms with Gasteiger partial charge in [-0.1, -0.05) is 0 Å². The van der Waals surface area contributed by atoms with E-state index in [0.717, 1.165) is 4.57 Å². The molecule has 0 amide bonds. The molecule has 0 bridgehead atoms. The van der Waals surface area contributed by atoms with Crippen LogP contribution >= 0.6 is 0 Å². The van der Waals surface area contributed by atoms with Gasteiger partial charge in [0, 0.05) is 24.0 Å². The molecule has 1 aromatic heterocycles. The molecule has 0 saturated heterocycles. The minimum atomic E-state index is -1.28. The van der Waals surface area contributed by atoms with E-state index in [1.807, 2.05) is 0 Å². The van der Waals surface area contributed by atoms with Crippen molar-refractivity contribution < 1.29 is 18.0 Å². The number of carbonyl (C=O) groups is 1. The largest absolute Gasteiger partial charge is 0.276 e. The Bertz CT molecular complexity index is 552. The van der Waals surface area contributed by atoms with Gasteiger partial charge in [0.2, 0.25) is 5.91 Å². The zero-order valence-corrected chi connectivity index (χ0v) is 8.53. The molecule has 6 heteroatoms. The molecule has 0 aliphatic carbocycles. The summed E-state index contributed by atoms with van der Waals surface area (Å²) in [5.41, 5.74) is -0.192. The second-order valence-corrected chi connectivity index (χ2v) is 3.40. The molecule has 2 aromatic rings. The van der Waals surface area contributed by atoms with Crippen LogP contribution in [0.25, 0.3) is 0 Å². The summed E-state index contributed by atoms with van der Waals surface area (Å²) in [5, 5.41) is 0. The Morgan fingerprint density at radius 1 is 1.18 bits per heavy atom. The number of aromatic nitrogens is 2. The fourth-order valence-corrected chi connectivity index (χ4v) is 1.36. The van der Waals surface area contributed by atoms with Crippen molar-refractivity contribution in [1.29, 1.82) is 0 Å². The third-order valence-corrected chi connectivity index (χ3v) is 2.22. The molecule has 0 aliphatic rings. The Balaban J connectivity index is 2.25. The van der Waals surface area contributed by atoms with Crippen LogP contribution in [0.15, 0.2) is 30.9 Å². The maximum absolute atomic E-state index is 13.2. The first-order chi connectivity index (χ1) is 8.08. The topological polar surface area (TPSA) is 34.9 Å². The van der Waals surface area contributed by atoms with Crippen molar-refractivity contribution in [2.45, 2.75) is 6.42 Å². The third kappa shape index (κ3) is 2.35. The molecule has 3 nitrogen and oxygen atoms in total. The number of halogens is 3. The van der Waals surface area contributed by atoms with Crippen LogP contribution in [0.2, 0.25) is 0 Å². The molecule has 1 heterocycles. The summed E-state index contributed by atoms with van der Waals surface area (Å²) >= 11 is 0. The van der Waals surface area contributed by atoms with E-state index in [9.17, 15) is 18.0 Å².